The van der Waals surface area contributed by atoms with Crippen LogP contribution in [0.5, 0.6) is 0 Å². The van der Waals surface area contributed by atoms with Crippen molar-refractivity contribution < 1.29 is 19.2 Å². The summed E-state index contributed by atoms with van der Waals surface area (Å²) in [6, 6.07) is -1.11. The van der Waals surface area contributed by atoms with Gasteiger partial charge < -0.3 is 10.6 Å². The molecule has 4 unspecified atom stereocenters. The molecule has 1 aliphatic heterocycles. The predicted octanol–water partition coefficient (Wildman–Crippen LogP) is 0.434. The fourth-order valence-corrected chi connectivity index (χ4v) is 4.13. The van der Waals surface area contributed by atoms with E-state index >= 15 is 0 Å². The Morgan fingerprint density at radius 3 is 1.47 bits per heavy atom. The van der Waals surface area contributed by atoms with Gasteiger partial charge in [0.1, 0.15) is 23.1 Å². The highest BCUT2D eigenvalue weighted by Gasteiger charge is 2.26. The molecule has 1 fully saturated rings. The number of hydrogen-bond acceptors (Lipinski definition) is 8. The largest absolute Gasteiger partial charge is 0.307 e. The first-order valence-electron chi connectivity index (χ1n) is 10.9. The Balaban J connectivity index is 3.00. The van der Waals surface area contributed by atoms with Gasteiger partial charge in [-0.3, -0.25) is 29.0 Å². The average molecular weight is 425 g/mol. The molecular formula is C22H40N4O4. The van der Waals surface area contributed by atoms with Crippen LogP contribution < -0.4 is 10.6 Å². The number of nitrogens with one attached hydrogen (secondary N) is 2. The number of carbonyl (C=O) groups is 4. The van der Waals surface area contributed by atoms with Crippen LogP contribution in [0.25, 0.3) is 0 Å². The SMILES string of the molecule is CC(=O)C1CCNC(C(C)=O)CCN(C)C(C(C)=O)CCN(C)C(C(C)=O)CCN1. The summed E-state index contributed by atoms with van der Waals surface area (Å²) in [5, 5.41) is 6.54. The molecule has 4 atom stereocenters. The lowest BCUT2D eigenvalue weighted by molar-refractivity contribution is -0.122. The van der Waals surface area contributed by atoms with Crippen molar-refractivity contribution in [3.63, 3.8) is 0 Å². The predicted molar refractivity (Wildman–Crippen MR) is 118 cm³/mol. The average Bonchev–Trinajstić information content (AvgIpc) is 2.63. The molecule has 0 bridgehead atoms. The highest BCUT2D eigenvalue weighted by atomic mass is 16.1. The first-order valence-corrected chi connectivity index (χ1v) is 10.9. The van der Waals surface area contributed by atoms with E-state index in [4.69, 9.17) is 0 Å². The van der Waals surface area contributed by atoms with Gasteiger partial charge in [0, 0.05) is 13.1 Å². The highest BCUT2D eigenvalue weighted by Crippen LogP contribution is 2.11. The van der Waals surface area contributed by atoms with E-state index in [9.17, 15) is 19.2 Å². The van der Waals surface area contributed by atoms with E-state index < -0.39 is 0 Å². The van der Waals surface area contributed by atoms with Crippen LogP contribution in [0.15, 0.2) is 0 Å². The first kappa shape index (κ1) is 26.6. The third-order valence-electron chi connectivity index (χ3n) is 6.14. The molecular weight excluding hydrogens is 384 g/mol. The van der Waals surface area contributed by atoms with E-state index in [-0.39, 0.29) is 47.3 Å². The lowest BCUT2D eigenvalue weighted by Crippen LogP contribution is -2.48. The van der Waals surface area contributed by atoms with Crippen molar-refractivity contribution in [2.75, 3.05) is 40.3 Å². The molecule has 8 heteroatoms. The number of rotatable bonds is 4. The van der Waals surface area contributed by atoms with Gasteiger partial charge in [-0.1, -0.05) is 0 Å². The van der Waals surface area contributed by atoms with Crippen LogP contribution in [-0.2, 0) is 19.2 Å². The standard InChI is InChI=1S/C22H40N4O4/c1-15(27)19-7-11-23-20(16(2)28)9-13-25(5)22(18(4)30)10-14-26(6)21(17(3)29)8-12-24-19/h19-24H,7-14H2,1-6H3. The molecule has 8 nitrogen and oxygen atoms in total. The van der Waals surface area contributed by atoms with Gasteiger partial charge >= 0.3 is 0 Å². The van der Waals surface area contributed by atoms with Crippen LogP contribution in [-0.4, -0.2) is 97.4 Å². The minimum Gasteiger partial charge on any atom is -0.307 e. The monoisotopic (exact) mass is 424 g/mol. The maximum atomic E-state index is 12.2. The Morgan fingerprint density at radius 2 is 1.00 bits per heavy atom. The normalized spacial score (nSPS) is 29.3. The molecule has 1 heterocycles. The summed E-state index contributed by atoms with van der Waals surface area (Å²) in [7, 11) is 3.81. The minimum atomic E-state index is -0.305. The van der Waals surface area contributed by atoms with Crippen LogP contribution in [0.1, 0.15) is 53.4 Å². The number of nitrogens with zero attached hydrogens (tertiary/aromatic N) is 2. The molecule has 2 N–H and O–H groups in total. The third-order valence-corrected chi connectivity index (χ3v) is 6.14. The van der Waals surface area contributed by atoms with Crippen molar-refractivity contribution in [3.8, 4) is 0 Å². The van der Waals surface area contributed by atoms with Crippen molar-refractivity contribution in [1.29, 1.82) is 0 Å². The second kappa shape index (κ2) is 13.0. The van der Waals surface area contributed by atoms with Crippen molar-refractivity contribution in [1.82, 2.24) is 20.4 Å². The zero-order valence-corrected chi connectivity index (χ0v) is 19.5. The smallest absolute Gasteiger partial charge is 0.146 e. The summed E-state index contributed by atoms with van der Waals surface area (Å²) < 4.78 is 0. The topological polar surface area (TPSA) is 98.8 Å². The van der Waals surface area contributed by atoms with Gasteiger partial charge in [0.05, 0.1) is 24.2 Å². The highest BCUT2D eigenvalue weighted by molar-refractivity contribution is 5.83. The molecule has 0 amide bonds. The van der Waals surface area contributed by atoms with Gasteiger partial charge in [0.15, 0.2) is 0 Å². The Bertz CT molecular complexity index is 610. The van der Waals surface area contributed by atoms with Gasteiger partial charge in [-0.2, -0.15) is 0 Å². The molecule has 30 heavy (non-hydrogen) atoms. The van der Waals surface area contributed by atoms with Gasteiger partial charge in [-0.25, -0.2) is 0 Å². The third kappa shape index (κ3) is 8.71. The minimum absolute atomic E-state index is 0.0501. The number of carbonyl (C=O) groups excluding carboxylic acids is 4. The van der Waals surface area contributed by atoms with Crippen molar-refractivity contribution in [3.05, 3.63) is 0 Å². The second-order valence-corrected chi connectivity index (χ2v) is 8.60. The molecule has 0 saturated carbocycles. The van der Waals surface area contributed by atoms with Gasteiger partial charge in [-0.15, -0.1) is 0 Å². The van der Waals surface area contributed by atoms with Crippen LogP contribution in [0.3, 0.4) is 0 Å². The maximum absolute atomic E-state index is 12.2. The van der Waals surface area contributed by atoms with E-state index in [0.29, 0.717) is 51.9 Å². The summed E-state index contributed by atoms with van der Waals surface area (Å²) in [4.78, 5) is 52.5. The quantitative estimate of drug-likeness (QED) is 0.671. The zero-order chi connectivity index (χ0) is 22.8. The Kier molecular flexibility index (Phi) is 11.5. The Morgan fingerprint density at radius 1 is 0.600 bits per heavy atom. The fraction of sp³-hybridized carbons (Fsp3) is 0.818. The molecule has 0 aromatic carbocycles. The zero-order valence-electron chi connectivity index (χ0n) is 19.5. The Hall–Kier alpha value is -1.48. The van der Waals surface area contributed by atoms with E-state index in [1.807, 2.05) is 23.9 Å². The molecule has 0 aromatic heterocycles. The van der Waals surface area contributed by atoms with Crippen molar-refractivity contribution >= 4 is 23.1 Å². The van der Waals surface area contributed by atoms with Gasteiger partial charge in [0.25, 0.3) is 0 Å². The number of likely N-dealkylation sites (N-methyl/N-ethyl adjacent to an activating group) is 2. The lowest BCUT2D eigenvalue weighted by atomic mass is 10.0. The van der Waals surface area contributed by atoms with Crippen LogP contribution in [0, 0.1) is 0 Å². The second-order valence-electron chi connectivity index (χ2n) is 8.60. The molecule has 1 rings (SSSR count). The molecule has 0 aliphatic carbocycles. The van der Waals surface area contributed by atoms with Crippen molar-refractivity contribution in [2.24, 2.45) is 0 Å². The molecule has 1 aliphatic rings. The Labute approximate surface area is 181 Å². The molecule has 0 aromatic rings. The van der Waals surface area contributed by atoms with Crippen LogP contribution >= 0.6 is 0 Å². The van der Waals surface area contributed by atoms with E-state index in [0.717, 1.165) is 0 Å². The first-order chi connectivity index (χ1) is 14.0. The number of ketones is 4. The fourth-order valence-electron chi connectivity index (χ4n) is 4.13. The lowest BCUT2D eigenvalue weighted by Gasteiger charge is -2.32. The van der Waals surface area contributed by atoms with Crippen molar-refractivity contribution in [2.45, 2.75) is 77.5 Å². The van der Waals surface area contributed by atoms with Crippen LogP contribution in [0.2, 0.25) is 0 Å². The van der Waals surface area contributed by atoms with Crippen LogP contribution in [0.4, 0.5) is 0 Å². The molecule has 172 valence electrons. The maximum Gasteiger partial charge on any atom is 0.146 e. The molecule has 0 radical (unpaired) electrons. The summed E-state index contributed by atoms with van der Waals surface area (Å²) in [6.07, 6.45) is 2.39. The summed E-state index contributed by atoms with van der Waals surface area (Å²) >= 11 is 0. The summed E-state index contributed by atoms with van der Waals surface area (Å²) in [5.74, 6) is 0.275. The van der Waals surface area contributed by atoms with E-state index in [1.54, 1.807) is 27.7 Å². The molecule has 1 saturated heterocycles. The van der Waals surface area contributed by atoms with Gasteiger partial charge in [0.2, 0.25) is 0 Å². The summed E-state index contributed by atoms with van der Waals surface area (Å²) in [6.45, 7) is 8.61. The number of Topliss-reactive ketones (excluding diaryl/α,β-unsaturated/α-hetero) is 4. The van der Waals surface area contributed by atoms with E-state index in [1.165, 1.54) is 0 Å². The van der Waals surface area contributed by atoms with E-state index in [2.05, 4.69) is 10.6 Å². The summed E-state index contributed by atoms with van der Waals surface area (Å²) in [5.41, 5.74) is 0. The molecule has 0 spiro atoms. The number of hydrogen-bond donors (Lipinski definition) is 2. The van der Waals surface area contributed by atoms with Gasteiger partial charge in [-0.05, 0) is 80.6 Å².